The van der Waals surface area contributed by atoms with Gasteiger partial charge in [-0.3, -0.25) is 13.9 Å². The van der Waals surface area contributed by atoms with E-state index in [1.165, 1.54) is 4.31 Å². The van der Waals surface area contributed by atoms with E-state index in [-0.39, 0.29) is 37.7 Å². The Bertz CT molecular complexity index is 1420. The number of halogens is 1. The van der Waals surface area contributed by atoms with Gasteiger partial charge in [0, 0.05) is 37.5 Å². The van der Waals surface area contributed by atoms with Crippen LogP contribution < -0.4 is 14.4 Å². The molecule has 3 aromatic carbocycles. The fraction of sp³-hybridized carbons (Fsp3) is 0.394. The molecule has 1 N–H and O–H groups in total. The summed E-state index contributed by atoms with van der Waals surface area (Å²) in [6.45, 7) is 5.25. The lowest BCUT2D eigenvalue weighted by atomic mass is 10.0. The molecule has 0 aromatic heterocycles. The molecule has 0 saturated heterocycles. The third kappa shape index (κ3) is 10.9. The summed E-state index contributed by atoms with van der Waals surface area (Å²) < 4.78 is 32.1. The minimum absolute atomic E-state index is 0.0527. The van der Waals surface area contributed by atoms with Crippen molar-refractivity contribution in [3.63, 3.8) is 0 Å². The number of carbonyl (C=O) groups is 2. The van der Waals surface area contributed by atoms with Crippen LogP contribution in [0.2, 0.25) is 5.02 Å². The second-order valence-electron chi connectivity index (χ2n) is 10.4. The van der Waals surface area contributed by atoms with Crippen LogP contribution in [0.3, 0.4) is 0 Å². The van der Waals surface area contributed by atoms with Crippen molar-refractivity contribution in [3.8, 4) is 5.75 Å². The number of unbranched alkanes of at least 4 members (excludes halogenated alkanes) is 1. The van der Waals surface area contributed by atoms with Gasteiger partial charge in [-0.2, -0.15) is 0 Å². The summed E-state index contributed by atoms with van der Waals surface area (Å²) in [4.78, 5) is 29.1. The van der Waals surface area contributed by atoms with Crippen LogP contribution in [0, 0.1) is 0 Å². The van der Waals surface area contributed by atoms with E-state index < -0.39 is 16.1 Å². The molecule has 232 valence electrons. The summed E-state index contributed by atoms with van der Waals surface area (Å²) in [7, 11) is -3.61. The van der Waals surface area contributed by atoms with Crippen molar-refractivity contribution in [3.05, 3.63) is 95.0 Å². The Labute approximate surface area is 261 Å². The molecule has 3 rings (SSSR count). The first kappa shape index (κ1) is 33.9. The van der Waals surface area contributed by atoms with E-state index in [1.54, 1.807) is 41.3 Å². The highest BCUT2D eigenvalue weighted by molar-refractivity contribution is 7.92. The molecule has 0 bridgehead atoms. The quantitative estimate of drug-likeness (QED) is 0.190. The molecule has 10 heteroatoms. The summed E-state index contributed by atoms with van der Waals surface area (Å²) >= 11 is 6.26. The summed E-state index contributed by atoms with van der Waals surface area (Å²) in [5, 5.41) is 3.55. The van der Waals surface area contributed by atoms with E-state index in [9.17, 15) is 18.0 Å². The van der Waals surface area contributed by atoms with E-state index in [2.05, 4.69) is 12.2 Å². The number of benzene rings is 3. The number of nitrogens with zero attached hydrogens (tertiary/aromatic N) is 2. The van der Waals surface area contributed by atoms with Gasteiger partial charge in [0.25, 0.3) is 0 Å². The molecule has 1 unspecified atom stereocenters. The second-order valence-corrected chi connectivity index (χ2v) is 12.7. The van der Waals surface area contributed by atoms with Crippen LogP contribution in [0.4, 0.5) is 5.69 Å². The lowest BCUT2D eigenvalue weighted by Crippen LogP contribution is -2.50. The Hall–Kier alpha value is -3.56. The predicted molar refractivity (Wildman–Crippen MR) is 173 cm³/mol. The maximum Gasteiger partial charge on any atom is 0.243 e. The number of carbonyl (C=O) groups excluding carboxylic acids is 2. The number of hydrogen-bond acceptors (Lipinski definition) is 5. The predicted octanol–water partition coefficient (Wildman–Crippen LogP) is 5.84. The van der Waals surface area contributed by atoms with Crippen molar-refractivity contribution in [2.24, 2.45) is 0 Å². The Morgan fingerprint density at radius 3 is 2.26 bits per heavy atom. The van der Waals surface area contributed by atoms with Crippen LogP contribution in [0.25, 0.3) is 0 Å². The molecule has 0 radical (unpaired) electrons. The first-order valence-electron chi connectivity index (χ1n) is 14.7. The second kappa shape index (κ2) is 16.9. The van der Waals surface area contributed by atoms with Crippen LogP contribution in [0.5, 0.6) is 5.75 Å². The SMILES string of the molecule is CCCCNC(=O)C(Cc1ccccc1)N(Cc1cccc(Cl)c1)C(=O)CCCN(c1ccc(OCC)cc1)S(C)(=O)=O. The topological polar surface area (TPSA) is 96.0 Å². The van der Waals surface area contributed by atoms with E-state index in [1.807, 2.05) is 49.4 Å². The largest absolute Gasteiger partial charge is 0.494 e. The molecule has 3 aromatic rings. The minimum Gasteiger partial charge on any atom is -0.494 e. The molecular weight excluding hydrogens is 586 g/mol. The van der Waals surface area contributed by atoms with Gasteiger partial charge in [-0.1, -0.05) is 67.4 Å². The zero-order chi connectivity index (χ0) is 31.2. The van der Waals surface area contributed by atoms with Gasteiger partial charge in [0.15, 0.2) is 0 Å². The number of sulfonamides is 1. The molecule has 1 atom stereocenters. The van der Waals surface area contributed by atoms with E-state index >= 15 is 0 Å². The fourth-order valence-electron chi connectivity index (χ4n) is 4.77. The van der Waals surface area contributed by atoms with Crippen LogP contribution in [0.15, 0.2) is 78.9 Å². The van der Waals surface area contributed by atoms with Crippen LogP contribution >= 0.6 is 11.6 Å². The van der Waals surface area contributed by atoms with Gasteiger partial charge in [-0.05, 0) is 67.3 Å². The molecule has 0 aliphatic rings. The Morgan fingerprint density at radius 1 is 0.930 bits per heavy atom. The van der Waals surface area contributed by atoms with Gasteiger partial charge in [0.2, 0.25) is 21.8 Å². The van der Waals surface area contributed by atoms with Gasteiger partial charge in [-0.15, -0.1) is 0 Å². The number of anilines is 1. The van der Waals surface area contributed by atoms with Crippen LogP contribution in [-0.2, 0) is 32.6 Å². The van der Waals surface area contributed by atoms with Crippen molar-refractivity contribution in [1.29, 1.82) is 0 Å². The number of nitrogens with one attached hydrogen (secondary N) is 1. The molecule has 43 heavy (non-hydrogen) atoms. The molecule has 0 heterocycles. The average Bonchev–Trinajstić information content (AvgIpc) is 2.98. The zero-order valence-corrected chi connectivity index (χ0v) is 26.7. The van der Waals surface area contributed by atoms with Crippen molar-refractivity contribution >= 4 is 39.1 Å². The third-order valence-corrected chi connectivity index (χ3v) is 8.36. The van der Waals surface area contributed by atoms with Crippen molar-refractivity contribution in [2.45, 2.75) is 58.5 Å². The number of rotatable bonds is 17. The standard InChI is InChI=1S/C33H42ClN3O5S/c1-4-6-21-35-33(39)31(24-26-12-8-7-9-13-26)36(25-27-14-10-15-28(34)23-27)32(38)16-11-22-37(43(3,40)41)29-17-19-30(20-18-29)42-5-2/h7-10,12-15,17-20,23,31H,4-6,11,16,21-22,24-25H2,1-3H3,(H,35,39). The molecule has 2 amide bonds. The first-order chi connectivity index (χ1) is 20.6. The monoisotopic (exact) mass is 627 g/mol. The smallest absolute Gasteiger partial charge is 0.243 e. The lowest BCUT2D eigenvalue weighted by Gasteiger charge is -2.32. The molecule has 0 saturated carbocycles. The van der Waals surface area contributed by atoms with Crippen LogP contribution in [-0.4, -0.2) is 57.1 Å². The maximum atomic E-state index is 13.9. The first-order valence-corrected chi connectivity index (χ1v) is 16.9. The number of amides is 2. The van der Waals surface area contributed by atoms with Crippen molar-refractivity contribution < 1.29 is 22.7 Å². The molecule has 0 fully saturated rings. The van der Waals surface area contributed by atoms with Crippen LogP contribution in [0.1, 0.15) is 50.7 Å². The normalized spacial score (nSPS) is 11.9. The molecule has 0 aliphatic carbocycles. The zero-order valence-electron chi connectivity index (χ0n) is 25.2. The van der Waals surface area contributed by atoms with E-state index in [4.69, 9.17) is 16.3 Å². The van der Waals surface area contributed by atoms with E-state index in [0.29, 0.717) is 36.0 Å². The van der Waals surface area contributed by atoms with Crippen molar-refractivity contribution in [2.75, 3.05) is 30.3 Å². The molecule has 0 spiro atoms. The number of hydrogen-bond donors (Lipinski definition) is 1. The Morgan fingerprint density at radius 2 is 1.63 bits per heavy atom. The van der Waals surface area contributed by atoms with Gasteiger partial charge in [0.1, 0.15) is 11.8 Å². The van der Waals surface area contributed by atoms with Gasteiger partial charge < -0.3 is 15.0 Å². The molecular formula is C33H42ClN3O5S. The van der Waals surface area contributed by atoms with Crippen molar-refractivity contribution in [1.82, 2.24) is 10.2 Å². The minimum atomic E-state index is -3.61. The molecule has 8 nitrogen and oxygen atoms in total. The van der Waals surface area contributed by atoms with Gasteiger partial charge in [-0.25, -0.2) is 8.42 Å². The summed E-state index contributed by atoms with van der Waals surface area (Å²) in [6, 6.07) is 22.9. The van der Waals surface area contributed by atoms with Gasteiger partial charge in [0.05, 0.1) is 18.6 Å². The van der Waals surface area contributed by atoms with E-state index in [0.717, 1.165) is 30.2 Å². The Kier molecular flexibility index (Phi) is 13.3. The summed E-state index contributed by atoms with van der Waals surface area (Å²) in [5.41, 5.74) is 2.22. The highest BCUT2D eigenvalue weighted by atomic mass is 35.5. The summed E-state index contributed by atoms with van der Waals surface area (Å²) in [5.74, 6) is 0.180. The summed E-state index contributed by atoms with van der Waals surface area (Å²) in [6.07, 6.45) is 3.57. The lowest BCUT2D eigenvalue weighted by molar-refractivity contribution is -0.141. The van der Waals surface area contributed by atoms with Gasteiger partial charge >= 0.3 is 0 Å². The fourth-order valence-corrected chi connectivity index (χ4v) is 5.95. The number of ether oxygens (including phenoxy) is 1. The third-order valence-electron chi connectivity index (χ3n) is 6.93. The average molecular weight is 628 g/mol. The highest BCUT2D eigenvalue weighted by Crippen LogP contribution is 2.23. The Balaban J connectivity index is 1.85. The molecule has 0 aliphatic heterocycles. The highest BCUT2D eigenvalue weighted by Gasteiger charge is 2.30. The maximum absolute atomic E-state index is 13.9.